The lowest BCUT2D eigenvalue weighted by Crippen LogP contribution is -2.38. The molecule has 1 aliphatic heterocycles. The first-order valence-electron chi connectivity index (χ1n) is 4.21. The van der Waals surface area contributed by atoms with Crippen LogP contribution in [0.2, 0.25) is 0 Å². The maximum absolute atomic E-state index is 10.6. The highest BCUT2D eigenvalue weighted by molar-refractivity contribution is 5.72. The van der Waals surface area contributed by atoms with E-state index in [1.807, 2.05) is 4.90 Å². The third-order valence-corrected chi connectivity index (χ3v) is 1.89. The average molecular weight is 170 g/mol. The molecule has 0 amide bonds. The highest BCUT2D eigenvalue weighted by Crippen LogP contribution is 2.06. The Labute approximate surface area is 71.9 Å². The van der Waals surface area contributed by atoms with E-state index in [9.17, 15) is 4.79 Å². The van der Waals surface area contributed by atoms with Crippen molar-refractivity contribution in [1.82, 2.24) is 4.90 Å². The summed E-state index contributed by atoms with van der Waals surface area (Å²) < 4.78 is 0. The zero-order valence-electron chi connectivity index (χ0n) is 7.23. The van der Waals surface area contributed by atoms with E-state index in [1.54, 1.807) is 6.34 Å². The number of nitrogens with zero attached hydrogens (tertiary/aromatic N) is 2. The minimum atomic E-state index is -0.743. The minimum absolute atomic E-state index is 0.318. The molecule has 1 unspecified atom stereocenters. The molecule has 0 spiro atoms. The lowest BCUT2D eigenvalue weighted by atomic mass is 10.1. The predicted molar refractivity (Wildman–Crippen MR) is 46.3 cm³/mol. The first-order chi connectivity index (χ1) is 5.74. The molecule has 0 bridgehead atoms. The molecule has 4 nitrogen and oxygen atoms in total. The Morgan fingerprint density at radius 1 is 1.83 bits per heavy atom. The normalized spacial score (nSPS) is 22.8. The Kier molecular flexibility index (Phi) is 3.08. The van der Waals surface area contributed by atoms with E-state index in [4.69, 9.17) is 5.11 Å². The Morgan fingerprint density at radius 3 is 3.17 bits per heavy atom. The van der Waals surface area contributed by atoms with Crippen molar-refractivity contribution in [2.75, 3.05) is 19.6 Å². The Bertz CT molecular complexity index is 191. The molecule has 0 aliphatic carbocycles. The number of carboxylic acids is 1. The van der Waals surface area contributed by atoms with Gasteiger partial charge in [0.25, 0.3) is 0 Å². The summed E-state index contributed by atoms with van der Waals surface area (Å²) in [6.07, 6.45) is 2.78. The summed E-state index contributed by atoms with van der Waals surface area (Å²) in [4.78, 5) is 16.6. The molecule has 0 aromatic carbocycles. The van der Waals surface area contributed by atoms with Crippen molar-refractivity contribution in [3.8, 4) is 0 Å². The number of aliphatic carboxylic acids is 1. The highest BCUT2D eigenvalue weighted by Gasteiger charge is 2.21. The summed E-state index contributed by atoms with van der Waals surface area (Å²) in [6, 6.07) is 0. The first-order valence-corrected chi connectivity index (χ1v) is 4.21. The van der Waals surface area contributed by atoms with Gasteiger partial charge in [0.15, 0.2) is 0 Å². The molecule has 1 aliphatic rings. The monoisotopic (exact) mass is 170 g/mol. The maximum atomic E-state index is 10.6. The summed E-state index contributed by atoms with van der Waals surface area (Å²) in [6.45, 7) is 3.99. The van der Waals surface area contributed by atoms with Gasteiger partial charge in [-0.3, -0.25) is 9.79 Å². The summed E-state index contributed by atoms with van der Waals surface area (Å²) in [7, 11) is 0. The quantitative estimate of drug-likeness (QED) is 0.668. The molecule has 0 saturated heterocycles. The smallest absolute Gasteiger partial charge is 0.310 e. The Morgan fingerprint density at radius 2 is 2.58 bits per heavy atom. The van der Waals surface area contributed by atoms with Crippen molar-refractivity contribution in [3.63, 3.8) is 0 Å². The molecule has 4 heteroatoms. The second kappa shape index (κ2) is 4.09. The van der Waals surface area contributed by atoms with Crippen molar-refractivity contribution in [2.24, 2.45) is 10.9 Å². The van der Waals surface area contributed by atoms with Gasteiger partial charge in [-0.2, -0.15) is 0 Å². The third-order valence-electron chi connectivity index (χ3n) is 1.89. The number of hydrogen-bond acceptors (Lipinski definition) is 3. The Balaban J connectivity index is 2.45. The SMILES string of the molecule is CCCN1C=NCC(C(=O)O)C1. The molecule has 1 atom stereocenters. The van der Waals surface area contributed by atoms with Gasteiger partial charge >= 0.3 is 5.97 Å². The van der Waals surface area contributed by atoms with Crippen LogP contribution in [-0.2, 0) is 4.79 Å². The lowest BCUT2D eigenvalue weighted by molar-refractivity contribution is -0.141. The van der Waals surface area contributed by atoms with E-state index in [2.05, 4.69) is 11.9 Å². The van der Waals surface area contributed by atoms with Crippen molar-refractivity contribution in [3.05, 3.63) is 0 Å². The molecular weight excluding hydrogens is 156 g/mol. The van der Waals surface area contributed by atoms with Gasteiger partial charge in [0.2, 0.25) is 0 Å². The molecule has 12 heavy (non-hydrogen) atoms. The molecule has 68 valence electrons. The van der Waals surface area contributed by atoms with Gasteiger partial charge in [-0.25, -0.2) is 0 Å². The lowest BCUT2D eigenvalue weighted by Gasteiger charge is -2.25. The topological polar surface area (TPSA) is 52.9 Å². The number of hydrogen-bond donors (Lipinski definition) is 1. The number of carbonyl (C=O) groups is 1. The zero-order chi connectivity index (χ0) is 8.97. The molecule has 1 heterocycles. The molecule has 0 saturated carbocycles. The van der Waals surface area contributed by atoms with E-state index >= 15 is 0 Å². The summed E-state index contributed by atoms with van der Waals surface area (Å²) >= 11 is 0. The predicted octanol–water partition coefficient (Wildman–Crippen LogP) is 0.441. The fraction of sp³-hybridized carbons (Fsp3) is 0.750. The van der Waals surface area contributed by atoms with Crippen LogP contribution in [0.3, 0.4) is 0 Å². The van der Waals surface area contributed by atoms with Gasteiger partial charge in [-0.1, -0.05) is 6.92 Å². The largest absolute Gasteiger partial charge is 0.481 e. The van der Waals surface area contributed by atoms with Gasteiger partial charge in [-0.15, -0.1) is 0 Å². The van der Waals surface area contributed by atoms with Crippen LogP contribution in [0, 0.1) is 5.92 Å². The molecule has 0 aromatic heterocycles. The molecular formula is C8H14N2O2. The van der Waals surface area contributed by atoms with E-state index in [-0.39, 0.29) is 5.92 Å². The number of aliphatic imine (C=N–C) groups is 1. The molecule has 0 aromatic rings. The van der Waals surface area contributed by atoms with Crippen molar-refractivity contribution in [1.29, 1.82) is 0 Å². The van der Waals surface area contributed by atoms with Crippen LogP contribution in [-0.4, -0.2) is 41.9 Å². The van der Waals surface area contributed by atoms with Gasteiger partial charge in [0.1, 0.15) is 0 Å². The van der Waals surface area contributed by atoms with Crippen LogP contribution in [0.15, 0.2) is 4.99 Å². The molecule has 1 rings (SSSR count). The molecule has 1 N–H and O–H groups in total. The van der Waals surface area contributed by atoms with Crippen LogP contribution in [0.1, 0.15) is 13.3 Å². The van der Waals surface area contributed by atoms with Gasteiger partial charge in [-0.05, 0) is 6.42 Å². The third kappa shape index (κ3) is 2.22. The van der Waals surface area contributed by atoms with Crippen LogP contribution in [0.5, 0.6) is 0 Å². The maximum Gasteiger partial charge on any atom is 0.310 e. The molecule has 0 radical (unpaired) electrons. The van der Waals surface area contributed by atoms with E-state index in [1.165, 1.54) is 0 Å². The number of carboxylic acid groups (broad SMARTS) is 1. The number of rotatable bonds is 3. The van der Waals surface area contributed by atoms with Crippen LogP contribution in [0.4, 0.5) is 0 Å². The van der Waals surface area contributed by atoms with Crippen LogP contribution < -0.4 is 0 Å². The molecule has 0 fully saturated rings. The van der Waals surface area contributed by atoms with Gasteiger partial charge in [0.05, 0.1) is 18.8 Å². The summed E-state index contributed by atoms with van der Waals surface area (Å²) in [5.41, 5.74) is 0. The second-order valence-electron chi connectivity index (χ2n) is 3.01. The fourth-order valence-corrected chi connectivity index (χ4v) is 1.27. The standard InChI is InChI=1S/C8H14N2O2/c1-2-3-10-5-7(8(11)12)4-9-6-10/h6-7H,2-5H2,1H3,(H,11,12). The van der Waals surface area contributed by atoms with E-state index in [0.29, 0.717) is 13.1 Å². The van der Waals surface area contributed by atoms with E-state index in [0.717, 1.165) is 13.0 Å². The first kappa shape index (κ1) is 9.03. The second-order valence-corrected chi connectivity index (χ2v) is 3.01. The zero-order valence-corrected chi connectivity index (χ0v) is 7.23. The van der Waals surface area contributed by atoms with Gasteiger partial charge in [0, 0.05) is 13.1 Å². The Hall–Kier alpha value is -1.06. The van der Waals surface area contributed by atoms with Crippen LogP contribution in [0.25, 0.3) is 0 Å². The van der Waals surface area contributed by atoms with Crippen molar-refractivity contribution < 1.29 is 9.90 Å². The van der Waals surface area contributed by atoms with Crippen molar-refractivity contribution in [2.45, 2.75) is 13.3 Å². The van der Waals surface area contributed by atoms with E-state index < -0.39 is 5.97 Å². The summed E-state index contributed by atoms with van der Waals surface area (Å²) in [5, 5.41) is 8.72. The average Bonchev–Trinajstić information content (AvgIpc) is 2.05. The summed E-state index contributed by atoms with van der Waals surface area (Å²) in [5.74, 6) is -1.06. The minimum Gasteiger partial charge on any atom is -0.481 e. The highest BCUT2D eigenvalue weighted by atomic mass is 16.4. The van der Waals surface area contributed by atoms with Crippen LogP contribution >= 0.6 is 0 Å². The van der Waals surface area contributed by atoms with Crippen molar-refractivity contribution >= 4 is 12.3 Å². The fourth-order valence-electron chi connectivity index (χ4n) is 1.27. The van der Waals surface area contributed by atoms with Gasteiger partial charge < -0.3 is 10.0 Å².